The van der Waals surface area contributed by atoms with Crippen molar-refractivity contribution in [3.05, 3.63) is 29.8 Å². The van der Waals surface area contributed by atoms with Crippen LogP contribution in [0.5, 0.6) is 0 Å². The normalized spacial score (nSPS) is 17.3. The fourth-order valence-electron chi connectivity index (χ4n) is 3.70. The van der Waals surface area contributed by atoms with E-state index in [0.717, 1.165) is 5.56 Å². The molecule has 0 aromatic heterocycles. The molecule has 178 valence electrons. The molecule has 1 heterocycles. The first kappa shape index (κ1) is 25.6. The van der Waals surface area contributed by atoms with Crippen molar-refractivity contribution in [3.63, 3.8) is 0 Å². The van der Waals surface area contributed by atoms with Crippen molar-refractivity contribution in [3.8, 4) is 0 Å². The van der Waals surface area contributed by atoms with Crippen LogP contribution in [0, 0.1) is 0 Å². The number of carbonyl (C=O) groups is 3. The minimum atomic E-state index is -5.09. The Balaban J connectivity index is 2.10. The fraction of sp³-hybridized carbons (Fsp3) is 0.591. The predicted octanol–water partition coefficient (Wildman–Crippen LogP) is 2.20. The number of benzene rings is 1. The number of carbonyl (C=O) groups excluding carboxylic acids is 3. The molecule has 2 rings (SSSR count). The lowest BCUT2D eigenvalue weighted by atomic mass is 10.0. The van der Waals surface area contributed by atoms with E-state index in [9.17, 15) is 27.6 Å². The Hall–Kier alpha value is -2.62. The first-order chi connectivity index (χ1) is 15.0. The van der Waals surface area contributed by atoms with E-state index in [-0.39, 0.29) is 13.0 Å². The molecule has 0 bridgehead atoms. The highest BCUT2D eigenvalue weighted by Gasteiger charge is 2.43. The number of halogens is 3. The average Bonchev–Trinajstić information content (AvgIpc) is 3.22. The van der Waals surface area contributed by atoms with Gasteiger partial charge in [0.25, 0.3) is 0 Å². The summed E-state index contributed by atoms with van der Waals surface area (Å²) in [5.41, 5.74) is 5.38. The van der Waals surface area contributed by atoms with E-state index in [1.54, 1.807) is 12.1 Å². The number of alkyl halides is 3. The third kappa shape index (κ3) is 6.94. The fourth-order valence-corrected chi connectivity index (χ4v) is 3.70. The van der Waals surface area contributed by atoms with E-state index < -0.39 is 36.0 Å². The van der Waals surface area contributed by atoms with Gasteiger partial charge in [0.1, 0.15) is 12.1 Å². The molecule has 0 saturated carbocycles. The molecule has 0 radical (unpaired) electrons. The molecule has 1 saturated heterocycles. The van der Waals surface area contributed by atoms with Crippen LogP contribution >= 0.6 is 0 Å². The molecular weight excluding hydrogens is 425 g/mol. The highest BCUT2D eigenvalue weighted by molar-refractivity contribution is 5.99. The number of hydrogen-bond donors (Lipinski definition) is 3. The lowest BCUT2D eigenvalue weighted by Crippen LogP contribution is -2.54. The molecule has 10 heteroatoms. The number of rotatable bonds is 9. The maximum absolute atomic E-state index is 13.0. The van der Waals surface area contributed by atoms with E-state index >= 15 is 0 Å². The molecular formula is C22H32F3N4O3+. The van der Waals surface area contributed by atoms with Crippen LogP contribution in [-0.4, -0.2) is 54.0 Å². The quantitative estimate of drug-likeness (QED) is 0.495. The second-order valence-corrected chi connectivity index (χ2v) is 8.33. The summed E-state index contributed by atoms with van der Waals surface area (Å²) in [5, 5.41) is 4.59. The molecule has 1 aliphatic heterocycles. The van der Waals surface area contributed by atoms with E-state index in [4.69, 9.17) is 0 Å². The Morgan fingerprint density at radius 2 is 1.81 bits per heavy atom. The molecule has 32 heavy (non-hydrogen) atoms. The Morgan fingerprint density at radius 1 is 1.16 bits per heavy atom. The number of anilines is 1. The van der Waals surface area contributed by atoms with Gasteiger partial charge in [0.2, 0.25) is 11.8 Å². The smallest absolute Gasteiger partial charge is 0.358 e. The molecule has 0 aliphatic carbocycles. The van der Waals surface area contributed by atoms with Gasteiger partial charge in [-0.15, -0.1) is 0 Å². The van der Waals surface area contributed by atoms with Gasteiger partial charge >= 0.3 is 12.1 Å². The lowest BCUT2D eigenvalue weighted by molar-refractivity contribution is -0.368. The number of hydrogen-bond acceptors (Lipinski definition) is 3. The van der Waals surface area contributed by atoms with Crippen molar-refractivity contribution in [2.45, 2.75) is 70.1 Å². The first-order valence-corrected chi connectivity index (χ1v) is 10.9. The molecule has 2 atom stereocenters. The SMILES string of the molecule is CC(C)c1ccc(NC(=O)[C@@H]2CCCN2C(=O)[C@H](CCCC[NH3+])NC(=O)C(F)(F)F)cc1. The standard InChI is InChI=1S/C22H31F3N4O3/c1-14(2)15-8-10-16(11-9-15)27-19(30)18-7-5-13-29(18)20(31)17(6-3-4-12-26)28-21(32)22(23,24)25/h8-11,14,17-18H,3-7,12-13,26H2,1-2H3,(H,27,30)(H,28,32)/p+1/t17-,18-/m0/s1. The molecule has 1 aromatic carbocycles. The minimum absolute atomic E-state index is 0.0533. The van der Waals surface area contributed by atoms with Crippen molar-refractivity contribution in [2.75, 3.05) is 18.4 Å². The summed E-state index contributed by atoms with van der Waals surface area (Å²) in [4.78, 5) is 38.6. The topological polar surface area (TPSA) is 106 Å². The zero-order chi connectivity index (χ0) is 23.9. The van der Waals surface area contributed by atoms with Gasteiger partial charge in [-0.25, -0.2) is 0 Å². The summed E-state index contributed by atoms with van der Waals surface area (Å²) in [6, 6.07) is 5.23. The van der Waals surface area contributed by atoms with Crippen LogP contribution in [-0.2, 0) is 14.4 Å². The van der Waals surface area contributed by atoms with Gasteiger partial charge in [-0.3, -0.25) is 14.4 Å². The number of quaternary nitrogens is 1. The second-order valence-electron chi connectivity index (χ2n) is 8.33. The van der Waals surface area contributed by atoms with Gasteiger partial charge in [0, 0.05) is 12.2 Å². The van der Waals surface area contributed by atoms with Crippen molar-refractivity contribution in [1.82, 2.24) is 10.2 Å². The van der Waals surface area contributed by atoms with E-state index in [1.165, 1.54) is 4.90 Å². The molecule has 5 N–H and O–H groups in total. The van der Waals surface area contributed by atoms with Crippen LogP contribution in [0.1, 0.15) is 57.4 Å². The molecule has 1 aromatic rings. The number of unbranched alkanes of at least 4 members (excludes halogenated alkanes) is 1. The summed E-state index contributed by atoms with van der Waals surface area (Å²) < 4.78 is 38.3. The number of nitrogens with one attached hydrogen (secondary N) is 2. The van der Waals surface area contributed by atoms with Crippen LogP contribution in [0.25, 0.3) is 0 Å². The zero-order valence-electron chi connectivity index (χ0n) is 18.5. The summed E-state index contributed by atoms with van der Waals surface area (Å²) in [7, 11) is 0. The number of likely N-dealkylation sites (tertiary alicyclic amines) is 1. The average molecular weight is 458 g/mol. The molecule has 0 unspecified atom stereocenters. The molecule has 1 aliphatic rings. The van der Waals surface area contributed by atoms with Crippen LogP contribution in [0.2, 0.25) is 0 Å². The maximum atomic E-state index is 13.0. The monoisotopic (exact) mass is 457 g/mol. The van der Waals surface area contributed by atoms with E-state index in [2.05, 4.69) is 24.9 Å². The van der Waals surface area contributed by atoms with Gasteiger partial charge in [0.05, 0.1) is 6.54 Å². The van der Waals surface area contributed by atoms with E-state index in [1.807, 2.05) is 17.4 Å². The summed E-state index contributed by atoms with van der Waals surface area (Å²) in [6.45, 7) is 4.93. The molecule has 0 spiro atoms. The van der Waals surface area contributed by atoms with Gasteiger partial charge < -0.3 is 21.3 Å². The van der Waals surface area contributed by atoms with Crippen LogP contribution in [0.4, 0.5) is 18.9 Å². The Labute approximate surface area is 185 Å². The summed E-state index contributed by atoms with van der Waals surface area (Å²) >= 11 is 0. The first-order valence-electron chi connectivity index (χ1n) is 10.9. The zero-order valence-corrected chi connectivity index (χ0v) is 18.5. The molecule has 3 amide bonds. The van der Waals surface area contributed by atoms with Crippen LogP contribution in [0.15, 0.2) is 24.3 Å². The van der Waals surface area contributed by atoms with Gasteiger partial charge in [-0.2, -0.15) is 13.2 Å². The van der Waals surface area contributed by atoms with E-state index in [0.29, 0.717) is 43.8 Å². The highest BCUT2D eigenvalue weighted by atomic mass is 19.4. The Kier molecular flexibility index (Phi) is 9.06. The largest absolute Gasteiger partial charge is 0.471 e. The third-order valence-corrected chi connectivity index (χ3v) is 5.54. The van der Waals surface area contributed by atoms with Gasteiger partial charge in [0.15, 0.2) is 0 Å². The minimum Gasteiger partial charge on any atom is -0.358 e. The number of amides is 3. The third-order valence-electron chi connectivity index (χ3n) is 5.54. The summed E-state index contributed by atoms with van der Waals surface area (Å²) in [6.07, 6.45) is -3.03. The second kappa shape index (κ2) is 11.3. The number of nitrogens with zero attached hydrogens (tertiary/aromatic N) is 1. The van der Waals surface area contributed by atoms with Gasteiger partial charge in [-0.1, -0.05) is 26.0 Å². The maximum Gasteiger partial charge on any atom is 0.471 e. The predicted molar refractivity (Wildman–Crippen MR) is 113 cm³/mol. The summed E-state index contributed by atoms with van der Waals surface area (Å²) in [5.74, 6) is -2.88. The van der Waals surface area contributed by atoms with Crippen LogP contribution < -0.4 is 16.4 Å². The van der Waals surface area contributed by atoms with Crippen molar-refractivity contribution in [1.29, 1.82) is 0 Å². The van der Waals surface area contributed by atoms with Gasteiger partial charge in [-0.05, 0) is 55.7 Å². The molecule has 7 nitrogen and oxygen atoms in total. The van der Waals surface area contributed by atoms with Crippen molar-refractivity contribution < 1.29 is 33.3 Å². The lowest BCUT2D eigenvalue weighted by Gasteiger charge is -2.29. The van der Waals surface area contributed by atoms with Crippen molar-refractivity contribution >= 4 is 23.4 Å². The van der Waals surface area contributed by atoms with Crippen LogP contribution in [0.3, 0.4) is 0 Å². The Morgan fingerprint density at radius 3 is 2.38 bits per heavy atom. The molecule has 1 fully saturated rings. The highest BCUT2D eigenvalue weighted by Crippen LogP contribution is 2.23. The van der Waals surface area contributed by atoms with Crippen molar-refractivity contribution in [2.24, 2.45) is 0 Å². The Bertz CT molecular complexity index is 797.